The highest BCUT2D eigenvalue weighted by molar-refractivity contribution is 6.99. The van der Waals surface area contributed by atoms with Gasteiger partial charge >= 0.3 is 0 Å². The van der Waals surface area contributed by atoms with E-state index in [9.17, 15) is 4.79 Å². The van der Waals surface area contributed by atoms with Crippen molar-refractivity contribution in [1.82, 2.24) is 8.75 Å². The number of hydrogen-bond acceptors (Lipinski definition) is 11. The topological polar surface area (TPSA) is 182 Å². The second kappa shape index (κ2) is 6.92. The van der Waals surface area contributed by atoms with E-state index in [0.29, 0.717) is 18.1 Å². The molecule has 11 nitrogen and oxygen atoms in total. The second-order valence-electron chi connectivity index (χ2n) is 4.92. The summed E-state index contributed by atoms with van der Waals surface area (Å²) in [6, 6.07) is 7.40. The van der Waals surface area contributed by atoms with E-state index in [2.05, 4.69) is 34.8 Å². The van der Waals surface area contributed by atoms with E-state index in [4.69, 9.17) is 17.2 Å². The van der Waals surface area contributed by atoms with Crippen molar-refractivity contribution in [3.05, 3.63) is 35.5 Å². The molecule has 0 fully saturated rings. The minimum Gasteiger partial charge on any atom is -0.380 e. The Hall–Kier alpha value is -3.54. The molecule has 0 saturated heterocycles. The summed E-state index contributed by atoms with van der Waals surface area (Å²) in [6.45, 7) is 0.458. The number of amides is 1. The standard InChI is InChI=1S/C13H14N10OS/c14-10-8(11(15)21-20-10)19-18-7-3-1-6(2-4-7)5-17-13-9(12(16)24)22-25-23-13/h1-4,18H,5H2,(H2,16,24)(H,17,23)(H4,14,15,19,20,21). The summed E-state index contributed by atoms with van der Waals surface area (Å²) in [4.78, 5) is 11.2. The summed E-state index contributed by atoms with van der Waals surface area (Å²) in [7, 11) is 0. The number of aromatic nitrogens is 2. The molecule has 0 aliphatic carbocycles. The average molecular weight is 358 g/mol. The van der Waals surface area contributed by atoms with E-state index >= 15 is 0 Å². The molecule has 0 saturated carbocycles. The highest BCUT2D eigenvalue weighted by Crippen LogP contribution is 2.15. The number of nitrogens with zero attached hydrogens (tertiary/aromatic N) is 5. The van der Waals surface area contributed by atoms with Gasteiger partial charge in [0.25, 0.3) is 5.91 Å². The maximum atomic E-state index is 11.2. The third kappa shape index (κ3) is 3.69. The lowest BCUT2D eigenvalue weighted by atomic mass is 10.2. The van der Waals surface area contributed by atoms with Crippen LogP contribution in [-0.4, -0.2) is 32.0 Å². The quantitative estimate of drug-likeness (QED) is 0.437. The lowest BCUT2D eigenvalue weighted by molar-refractivity contribution is 0.0997. The number of nitrogens with one attached hydrogen (secondary N) is 2. The van der Waals surface area contributed by atoms with Gasteiger partial charge in [0, 0.05) is 6.54 Å². The molecule has 1 aliphatic rings. The van der Waals surface area contributed by atoms with Crippen LogP contribution in [0.3, 0.4) is 0 Å². The molecule has 128 valence electrons. The number of hydrazone groups is 1. The van der Waals surface area contributed by atoms with Crippen LogP contribution in [0.1, 0.15) is 16.1 Å². The van der Waals surface area contributed by atoms with Crippen molar-refractivity contribution in [3.8, 4) is 0 Å². The van der Waals surface area contributed by atoms with Crippen molar-refractivity contribution in [2.75, 3.05) is 10.7 Å². The number of amidine groups is 2. The first-order valence-corrected chi connectivity index (χ1v) is 7.74. The molecule has 2 heterocycles. The number of anilines is 2. The fraction of sp³-hybridized carbons (Fsp3) is 0.0769. The first-order chi connectivity index (χ1) is 12.0. The first-order valence-electron chi connectivity index (χ1n) is 7.01. The number of hydrogen-bond donors (Lipinski definition) is 5. The third-order valence-corrected chi connectivity index (χ3v) is 3.71. The van der Waals surface area contributed by atoms with Gasteiger partial charge in [-0.25, -0.2) is 0 Å². The van der Waals surface area contributed by atoms with Crippen LogP contribution in [0, 0.1) is 0 Å². The highest BCUT2D eigenvalue weighted by atomic mass is 32.1. The molecule has 12 heteroatoms. The number of carbonyl (C=O) groups is 1. The predicted molar refractivity (Wildman–Crippen MR) is 96.5 cm³/mol. The molecule has 25 heavy (non-hydrogen) atoms. The number of primary amides is 1. The molecule has 0 atom stereocenters. The van der Waals surface area contributed by atoms with Crippen LogP contribution < -0.4 is 27.9 Å². The molecule has 2 aromatic rings. The van der Waals surface area contributed by atoms with Gasteiger partial charge in [-0.15, -0.1) is 10.2 Å². The van der Waals surface area contributed by atoms with Gasteiger partial charge in [0.05, 0.1) is 17.4 Å². The Bertz CT molecular complexity index is 862. The number of benzene rings is 1. The van der Waals surface area contributed by atoms with Crippen molar-refractivity contribution < 1.29 is 4.79 Å². The van der Waals surface area contributed by atoms with Crippen LogP contribution in [0.2, 0.25) is 0 Å². The van der Waals surface area contributed by atoms with Crippen LogP contribution in [0.4, 0.5) is 11.5 Å². The van der Waals surface area contributed by atoms with Gasteiger partial charge in [-0.05, 0) is 17.7 Å². The van der Waals surface area contributed by atoms with Crippen LogP contribution in [-0.2, 0) is 6.54 Å². The summed E-state index contributed by atoms with van der Waals surface area (Å²) >= 11 is 0.923. The van der Waals surface area contributed by atoms with E-state index in [1.807, 2.05) is 24.3 Å². The molecule has 0 unspecified atom stereocenters. The summed E-state index contributed by atoms with van der Waals surface area (Å²) in [6.07, 6.45) is 0. The Morgan fingerprint density at radius 2 is 1.80 bits per heavy atom. The van der Waals surface area contributed by atoms with Crippen LogP contribution in [0.25, 0.3) is 0 Å². The molecule has 1 aromatic heterocycles. The van der Waals surface area contributed by atoms with Crippen molar-refractivity contribution in [1.29, 1.82) is 0 Å². The van der Waals surface area contributed by atoms with Crippen molar-refractivity contribution in [2.45, 2.75) is 6.54 Å². The van der Waals surface area contributed by atoms with E-state index in [-0.39, 0.29) is 17.4 Å². The van der Waals surface area contributed by atoms with Crippen LogP contribution in [0.5, 0.6) is 0 Å². The largest absolute Gasteiger partial charge is 0.380 e. The fourth-order valence-electron chi connectivity index (χ4n) is 1.92. The van der Waals surface area contributed by atoms with Crippen molar-refractivity contribution >= 4 is 46.5 Å². The van der Waals surface area contributed by atoms with E-state index in [0.717, 1.165) is 23.0 Å². The molecule has 8 N–H and O–H groups in total. The van der Waals surface area contributed by atoms with Gasteiger partial charge < -0.3 is 22.5 Å². The molecule has 1 aliphatic heterocycles. The van der Waals surface area contributed by atoms with Gasteiger partial charge in [0.2, 0.25) is 0 Å². The Kier molecular flexibility index (Phi) is 4.52. The van der Waals surface area contributed by atoms with Gasteiger partial charge in [0.1, 0.15) is 0 Å². The van der Waals surface area contributed by atoms with Gasteiger partial charge in [-0.3, -0.25) is 10.2 Å². The van der Waals surface area contributed by atoms with E-state index in [1.54, 1.807) is 0 Å². The zero-order valence-corrected chi connectivity index (χ0v) is 13.6. The third-order valence-electron chi connectivity index (χ3n) is 3.18. The smallest absolute Gasteiger partial charge is 0.272 e. The maximum absolute atomic E-state index is 11.2. The molecule has 3 rings (SSSR count). The zero-order chi connectivity index (χ0) is 17.8. The van der Waals surface area contributed by atoms with Gasteiger partial charge in [0.15, 0.2) is 28.9 Å². The molecule has 1 amide bonds. The lowest BCUT2D eigenvalue weighted by Crippen LogP contribution is -2.32. The maximum Gasteiger partial charge on any atom is 0.272 e. The highest BCUT2D eigenvalue weighted by Gasteiger charge is 2.16. The molecule has 0 bridgehead atoms. The average Bonchev–Trinajstić information content (AvgIpc) is 3.19. The fourth-order valence-corrected chi connectivity index (χ4v) is 2.45. The lowest BCUT2D eigenvalue weighted by Gasteiger charge is -2.06. The van der Waals surface area contributed by atoms with Gasteiger partial charge in [-0.2, -0.15) is 13.8 Å². The van der Waals surface area contributed by atoms with E-state index < -0.39 is 5.91 Å². The number of nitrogens with two attached hydrogens (primary N) is 3. The Morgan fingerprint density at radius 3 is 2.44 bits per heavy atom. The molecular formula is C13H14N10OS. The Balaban J connectivity index is 1.60. The van der Waals surface area contributed by atoms with Crippen LogP contribution >= 0.6 is 11.7 Å². The summed E-state index contributed by atoms with van der Waals surface area (Å²) in [5.41, 5.74) is 21.4. The van der Waals surface area contributed by atoms with E-state index in [1.165, 1.54) is 0 Å². The summed E-state index contributed by atoms with van der Waals surface area (Å²) in [5.74, 6) is 0.0743. The minimum atomic E-state index is -0.618. The normalized spacial score (nSPS) is 13.2. The van der Waals surface area contributed by atoms with Crippen LogP contribution in [0.15, 0.2) is 39.6 Å². The molecule has 0 radical (unpaired) electrons. The zero-order valence-electron chi connectivity index (χ0n) is 12.8. The number of carbonyl (C=O) groups excluding carboxylic acids is 1. The second-order valence-corrected chi connectivity index (χ2v) is 5.45. The van der Waals surface area contributed by atoms with Gasteiger partial charge in [-0.1, -0.05) is 12.1 Å². The Labute approximate surface area is 146 Å². The first kappa shape index (κ1) is 16.3. The molecule has 1 aromatic carbocycles. The SMILES string of the molecule is NC(=O)c1nsnc1NCc1ccc(NN=C2C(N)=NN=C2N)cc1. The predicted octanol–water partition coefficient (Wildman–Crippen LogP) is -0.340. The van der Waals surface area contributed by atoms with Crippen molar-refractivity contribution in [3.63, 3.8) is 0 Å². The summed E-state index contributed by atoms with van der Waals surface area (Å²) < 4.78 is 7.85. The summed E-state index contributed by atoms with van der Waals surface area (Å²) in [5, 5.41) is 14.4. The van der Waals surface area contributed by atoms with Crippen molar-refractivity contribution in [2.24, 2.45) is 32.5 Å². The Morgan fingerprint density at radius 1 is 1.12 bits per heavy atom. The molecular weight excluding hydrogens is 344 g/mol. The number of rotatable bonds is 6. The molecule has 0 spiro atoms. The monoisotopic (exact) mass is 358 g/mol. The minimum absolute atomic E-state index is 0.134.